The van der Waals surface area contributed by atoms with Crippen LogP contribution in [-0.2, 0) is 4.79 Å². The van der Waals surface area contributed by atoms with Crippen molar-refractivity contribution in [3.63, 3.8) is 0 Å². The molecule has 130 valence electrons. The molecule has 25 heavy (non-hydrogen) atoms. The summed E-state index contributed by atoms with van der Waals surface area (Å²) in [5, 5.41) is 11.4. The minimum Gasteiger partial charge on any atom is -0.492 e. The predicted molar refractivity (Wildman–Crippen MR) is 92.2 cm³/mol. The van der Waals surface area contributed by atoms with Crippen molar-refractivity contribution in [2.24, 2.45) is 5.92 Å². The highest BCUT2D eigenvalue weighted by Gasteiger charge is 2.23. The second kappa shape index (κ2) is 7.70. The second-order valence-electron chi connectivity index (χ2n) is 5.91. The fourth-order valence-electron chi connectivity index (χ4n) is 2.25. The zero-order valence-electron chi connectivity index (χ0n) is 13.6. The number of benzene rings is 2. The SMILES string of the molecule is O=C(O)COc1ccc(NC(=O)c2ccccc2OCC2CC2)cc1. The van der Waals surface area contributed by atoms with Gasteiger partial charge >= 0.3 is 5.97 Å². The van der Waals surface area contributed by atoms with Gasteiger partial charge in [-0.1, -0.05) is 12.1 Å². The van der Waals surface area contributed by atoms with E-state index in [9.17, 15) is 9.59 Å². The van der Waals surface area contributed by atoms with Gasteiger partial charge in [-0.05, 0) is 55.2 Å². The van der Waals surface area contributed by atoms with Crippen LogP contribution in [0.25, 0.3) is 0 Å². The van der Waals surface area contributed by atoms with Gasteiger partial charge in [0.25, 0.3) is 5.91 Å². The fourth-order valence-corrected chi connectivity index (χ4v) is 2.25. The highest BCUT2D eigenvalue weighted by atomic mass is 16.5. The van der Waals surface area contributed by atoms with Gasteiger partial charge in [0.05, 0.1) is 12.2 Å². The van der Waals surface area contributed by atoms with Crippen LogP contribution in [0.4, 0.5) is 5.69 Å². The topological polar surface area (TPSA) is 84.9 Å². The van der Waals surface area contributed by atoms with E-state index in [2.05, 4.69) is 5.32 Å². The molecule has 0 aliphatic heterocycles. The Bertz CT molecular complexity index is 753. The molecule has 2 aromatic rings. The molecule has 0 saturated heterocycles. The molecule has 6 heteroatoms. The van der Waals surface area contributed by atoms with Crippen molar-refractivity contribution in [3.05, 3.63) is 54.1 Å². The van der Waals surface area contributed by atoms with Gasteiger partial charge in [0, 0.05) is 5.69 Å². The summed E-state index contributed by atoms with van der Waals surface area (Å²) < 4.78 is 10.8. The molecule has 0 bridgehead atoms. The lowest BCUT2D eigenvalue weighted by molar-refractivity contribution is -0.139. The van der Waals surface area contributed by atoms with E-state index in [1.807, 2.05) is 6.07 Å². The molecule has 1 aliphatic rings. The lowest BCUT2D eigenvalue weighted by Gasteiger charge is -2.12. The van der Waals surface area contributed by atoms with Crippen LogP contribution in [0.2, 0.25) is 0 Å². The van der Waals surface area contributed by atoms with Crippen molar-refractivity contribution in [3.8, 4) is 11.5 Å². The van der Waals surface area contributed by atoms with Gasteiger partial charge in [0.2, 0.25) is 0 Å². The maximum atomic E-state index is 12.5. The largest absolute Gasteiger partial charge is 0.492 e. The number of nitrogens with one attached hydrogen (secondary N) is 1. The van der Waals surface area contributed by atoms with E-state index in [4.69, 9.17) is 14.6 Å². The average molecular weight is 341 g/mol. The van der Waals surface area contributed by atoms with Crippen molar-refractivity contribution in [1.29, 1.82) is 0 Å². The minimum absolute atomic E-state index is 0.259. The summed E-state index contributed by atoms with van der Waals surface area (Å²) in [6.45, 7) is 0.233. The molecule has 0 radical (unpaired) electrons. The van der Waals surface area contributed by atoms with Crippen LogP contribution in [0.5, 0.6) is 11.5 Å². The van der Waals surface area contributed by atoms with Crippen molar-refractivity contribution in [2.75, 3.05) is 18.5 Å². The van der Waals surface area contributed by atoms with Crippen molar-refractivity contribution in [1.82, 2.24) is 0 Å². The summed E-state index contributed by atoms with van der Waals surface area (Å²) in [4.78, 5) is 23.0. The smallest absolute Gasteiger partial charge is 0.341 e. The Morgan fingerprint density at radius 2 is 1.76 bits per heavy atom. The molecule has 6 nitrogen and oxygen atoms in total. The molecular weight excluding hydrogens is 322 g/mol. The molecule has 1 aliphatic carbocycles. The Labute approximate surface area is 145 Å². The van der Waals surface area contributed by atoms with Gasteiger partial charge < -0.3 is 19.9 Å². The first-order valence-electron chi connectivity index (χ1n) is 8.09. The Balaban J connectivity index is 1.62. The van der Waals surface area contributed by atoms with Crippen LogP contribution in [0.15, 0.2) is 48.5 Å². The molecule has 0 heterocycles. The van der Waals surface area contributed by atoms with E-state index in [1.165, 1.54) is 12.8 Å². The molecule has 0 atom stereocenters. The molecule has 0 spiro atoms. The number of carbonyl (C=O) groups excluding carboxylic acids is 1. The summed E-state index contributed by atoms with van der Waals surface area (Å²) in [5.74, 6) is 0.308. The highest BCUT2D eigenvalue weighted by molar-refractivity contribution is 6.06. The maximum absolute atomic E-state index is 12.5. The first-order valence-corrected chi connectivity index (χ1v) is 8.09. The first kappa shape index (κ1) is 16.8. The summed E-state index contributed by atoms with van der Waals surface area (Å²) in [6.07, 6.45) is 2.37. The number of anilines is 1. The normalized spacial score (nSPS) is 13.1. The number of amides is 1. The summed E-state index contributed by atoms with van der Waals surface area (Å²) in [7, 11) is 0. The Morgan fingerprint density at radius 3 is 2.44 bits per heavy atom. The van der Waals surface area contributed by atoms with E-state index in [-0.39, 0.29) is 5.91 Å². The zero-order valence-corrected chi connectivity index (χ0v) is 13.6. The Kier molecular flexibility index (Phi) is 5.18. The second-order valence-corrected chi connectivity index (χ2v) is 5.91. The van der Waals surface area contributed by atoms with Crippen molar-refractivity contribution < 1.29 is 24.2 Å². The van der Waals surface area contributed by atoms with Crippen LogP contribution in [-0.4, -0.2) is 30.2 Å². The average Bonchev–Trinajstić information content (AvgIpc) is 3.44. The van der Waals surface area contributed by atoms with Crippen LogP contribution < -0.4 is 14.8 Å². The third kappa shape index (κ3) is 4.97. The van der Waals surface area contributed by atoms with Crippen LogP contribution in [0, 0.1) is 5.92 Å². The maximum Gasteiger partial charge on any atom is 0.341 e. The first-order chi connectivity index (χ1) is 12.1. The molecule has 2 aromatic carbocycles. The number of para-hydroxylation sites is 1. The van der Waals surface area contributed by atoms with Gasteiger partial charge in [0.1, 0.15) is 11.5 Å². The molecule has 1 fully saturated rings. The Morgan fingerprint density at radius 1 is 1.04 bits per heavy atom. The number of rotatable bonds is 8. The lowest BCUT2D eigenvalue weighted by Crippen LogP contribution is -2.14. The monoisotopic (exact) mass is 341 g/mol. The minimum atomic E-state index is -1.04. The number of aliphatic carboxylic acids is 1. The van der Waals surface area contributed by atoms with Gasteiger partial charge in [0.15, 0.2) is 6.61 Å². The van der Waals surface area contributed by atoms with Crippen LogP contribution in [0.1, 0.15) is 23.2 Å². The number of hydrogen-bond donors (Lipinski definition) is 2. The molecule has 0 aromatic heterocycles. The quantitative estimate of drug-likeness (QED) is 0.770. The highest BCUT2D eigenvalue weighted by Crippen LogP contribution is 2.30. The van der Waals surface area contributed by atoms with E-state index >= 15 is 0 Å². The molecule has 1 amide bonds. The van der Waals surface area contributed by atoms with E-state index in [0.717, 1.165) is 0 Å². The summed E-state index contributed by atoms with van der Waals surface area (Å²) in [5.41, 5.74) is 1.07. The number of hydrogen-bond acceptors (Lipinski definition) is 4. The fraction of sp³-hybridized carbons (Fsp3) is 0.263. The summed E-state index contributed by atoms with van der Waals surface area (Å²) >= 11 is 0. The van der Waals surface area contributed by atoms with Crippen molar-refractivity contribution >= 4 is 17.6 Å². The van der Waals surface area contributed by atoms with Crippen LogP contribution in [0.3, 0.4) is 0 Å². The van der Waals surface area contributed by atoms with Crippen molar-refractivity contribution in [2.45, 2.75) is 12.8 Å². The predicted octanol–water partition coefficient (Wildman–Crippen LogP) is 3.19. The number of ether oxygens (including phenoxy) is 2. The van der Waals surface area contributed by atoms with Gasteiger partial charge in [-0.25, -0.2) is 4.79 Å². The van der Waals surface area contributed by atoms with Gasteiger partial charge in [-0.2, -0.15) is 0 Å². The Hall–Kier alpha value is -3.02. The third-order valence-electron chi connectivity index (χ3n) is 3.78. The van der Waals surface area contributed by atoms with Gasteiger partial charge in [-0.15, -0.1) is 0 Å². The number of carbonyl (C=O) groups is 2. The molecule has 3 rings (SSSR count). The third-order valence-corrected chi connectivity index (χ3v) is 3.78. The standard InChI is InChI=1S/C19H19NO5/c21-18(22)12-24-15-9-7-14(8-10-15)20-19(23)16-3-1-2-4-17(16)25-11-13-5-6-13/h1-4,7-10,13H,5-6,11-12H2,(H,20,23)(H,21,22). The molecule has 2 N–H and O–H groups in total. The number of carboxylic acids is 1. The van der Waals surface area contributed by atoms with E-state index in [1.54, 1.807) is 42.5 Å². The zero-order chi connectivity index (χ0) is 17.6. The molecular formula is C19H19NO5. The molecule has 1 saturated carbocycles. The summed E-state index contributed by atoms with van der Waals surface area (Å²) in [6, 6.07) is 13.7. The lowest BCUT2D eigenvalue weighted by atomic mass is 10.2. The van der Waals surface area contributed by atoms with Gasteiger partial charge in [-0.3, -0.25) is 4.79 Å². The molecule has 0 unspecified atom stereocenters. The van der Waals surface area contributed by atoms with E-state index < -0.39 is 12.6 Å². The van der Waals surface area contributed by atoms with E-state index in [0.29, 0.717) is 35.3 Å². The van der Waals surface area contributed by atoms with Crippen LogP contribution >= 0.6 is 0 Å². The number of carboxylic acid groups (broad SMARTS) is 1.